The molecule has 0 bridgehead atoms. The molecule has 17 heavy (non-hydrogen) atoms. The molecule has 1 nitrogen and oxygen atoms in total. The number of hydrogen-bond acceptors (Lipinski definition) is 1. The lowest BCUT2D eigenvalue weighted by Gasteiger charge is -2.16. The highest BCUT2D eigenvalue weighted by atomic mass is 35.5. The largest absolute Gasteiger partial charge is 0.310 e. The molecule has 0 aliphatic heterocycles. The number of halogens is 2. The molecule has 0 spiro atoms. The number of hydrogen-bond donors (Lipinski definition) is 1. The first-order valence-corrected chi connectivity index (χ1v) is 7.10. The average Bonchev–Trinajstić information content (AvgIpc) is 3.11. The Morgan fingerprint density at radius 2 is 2.12 bits per heavy atom. The van der Waals surface area contributed by atoms with Gasteiger partial charge in [-0.1, -0.05) is 36.0 Å². The summed E-state index contributed by atoms with van der Waals surface area (Å²) in [6.45, 7) is 3.19. The van der Waals surface area contributed by atoms with Crippen molar-refractivity contribution in [3.63, 3.8) is 0 Å². The van der Waals surface area contributed by atoms with Gasteiger partial charge in [-0.15, -0.1) is 0 Å². The molecule has 3 heteroatoms. The zero-order valence-corrected chi connectivity index (χ0v) is 11.7. The van der Waals surface area contributed by atoms with E-state index in [1.54, 1.807) is 0 Å². The molecule has 1 unspecified atom stereocenters. The van der Waals surface area contributed by atoms with Crippen LogP contribution in [0.5, 0.6) is 0 Å². The van der Waals surface area contributed by atoms with Gasteiger partial charge in [-0.05, 0) is 56.0 Å². The van der Waals surface area contributed by atoms with Gasteiger partial charge in [0.1, 0.15) is 0 Å². The predicted molar refractivity (Wildman–Crippen MR) is 74.8 cm³/mol. The van der Waals surface area contributed by atoms with Gasteiger partial charge in [-0.2, -0.15) is 0 Å². The van der Waals surface area contributed by atoms with E-state index >= 15 is 0 Å². The van der Waals surface area contributed by atoms with Crippen molar-refractivity contribution < 1.29 is 0 Å². The van der Waals surface area contributed by atoms with E-state index < -0.39 is 0 Å². The minimum Gasteiger partial charge on any atom is -0.310 e. The first kappa shape index (κ1) is 13.2. The summed E-state index contributed by atoms with van der Waals surface area (Å²) < 4.78 is 0. The van der Waals surface area contributed by atoms with Crippen molar-refractivity contribution in [2.24, 2.45) is 5.92 Å². The lowest BCUT2D eigenvalue weighted by Crippen LogP contribution is -2.20. The van der Waals surface area contributed by atoms with Crippen LogP contribution in [0.4, 0.5) is 0 Å². The van der Waals surface area contributed by atoms with Crippen molar-refractivity contribution in [2.45, 2.75) is 38.6 Å². The molecule has 1 aliphatic rings. The third kappa shape index (κ3) is 4.17. The molecule has 0 saturated heterocycles. The Hall–Kier alpha value is -0.240. The van der Waals surface area contributed by atoms with Gasteiger partial charge in [0.05, 0.1) is 0 Å². The third-order valence-electron chi connectivity index (χ3n) is 3.36. The lowest BCUT2D eigenvalue weighted by atomic mass is 10.1. The van der Waals surface area contributed by atoms with E-state index in [4.69, 9.17) is 23.2 Å². The molecule has 1 saturated carbocycles. The molecule has 0 heterocycles. The number of nitrogens with one attached hydrogen (secondary N) is 1. The van der Waals surface area contributed by atoms with Crippen LogP contribution in [0, 0.1) is 5.92 Å². The van der Waals surface area contributed by atoms with E-state index in [0.717, 1.165) is 28.1 Å². The number of rotatable bonds is 6. The van der Waals surface area contributed by atoms with Crippen LogP contribution in [0.3, 0.4) is 0 Å². The summed E-state index contributed by atoms with van der Waals surface area (Å²) in [7, 11) is 0. The van der Waals surface area contributed by atoms with E-state index in [2.05, 4.69) is 12.2 Å². The average molecular weight is 272 g/mol. The van der Waals surface area contributed by atoms with Gasteiger partial charge in [0.15, 0.2) is 0 Å². The van der Waals surface area contributed by atoms with Crippen molar-refractivity contribution in [1.29, 1.82) is 0 Å². The maximum atomic E-state index is 6.17. The second-order valence-electron chi connectivity index (χ2n) is 4.93. The summed E-state index contributed by atoms with van der Waals surface area (Å²) in [5, 5.41) is 5.04. The smallest absolute Gasteiger partial charge is 0.0454 e. The third-order valence-corrected chi connectivity index (χ3v) is 3.94. The van der Waals surface area contributed by atoms with E-state index in [1.807, 2.05) is 18.2 Å². The van der Waals surface area contributed by atoms with E-state index in [0.29, 0.717) is 0 Å². The first-order chi connectivity index (χ1) is 8.16. The molecule has 2 rings (SSSR count). The van der Waals surface area contributed by atoms with Gasteiger partial charge in [-0.25, -0.2) is 0 Å². The highest BCUT2D eigenvalue weighted by Gasteiger charge is 2.20. The Labute approximate surface area is 114 Å². The summed E-state index contributed by atoms with van der Waals surface area (Å²) in [6.07, 6.45) is 5.50. The molecule has 94 valence electrons. The number of benzene rings is 1. The van der Waals surface area contributed by atoms with Crippen molar-refractivity contribution in [3.05, 3.63) is 33.8 Å². The molecule has 0 radical (unpaired) electrons. The lowest BCUT2D eigenvalue weighted by molar-refractivity contribution is 0.533. The summed E-state index contributed by atoms with van der Waals surface area (Å²) in [5.74, 6) is 1.02. The fourth-order valence-electron chi connectivity index (χ4n) is 2.07. The van der Waals surface area contributed by atoms with Crippen LogP contribution in [0.25, 0.3) is 0 Å². The van der Waals surface area contributed by atoms with Crippen LogP contribution in [0.2, 0.25) is 10.0 Å². The SMILES string of the molecule is CC(NCCCC1CC1)c1cc(Cl)ccc1Cl. The highest BCUT2D eigenvalue weighted by molar-refractivity contribution is 6.33. The van der Waals surface area contributed by atoms with Crippen molar-refractivity contribution in [1.82, 2.24) is 5.32 Å². The minimum atomic E-state index is 0.264. The Kier molecular flexibility index (Phi) is 4.72. The maximum absolute atomic E-state index is 6.17. The molecular weight excluding hydrogens is 253 g/mol. The van der Waals surface area contributed by atoms with E-state index in [-0.39, 0.29) is 6.04 Å². The van der Waals surface area contributed by atoms with Crippen LogP contribution >= 0.6 is 23.2 Å². The topological polar surface area (TPSA) is 12.0 Å². The van der Waals surface area contributed by atoms with Crippen molar-refractivity contribution in [3.8, 4) is 0 Å². The zero-order valence-electron chi connectivity index (χ0n) is 10.2. The summed E-state index contributed by atoms with van der Waals surface area (Å²) in [6, 6.07) is 5.90. The molecular formula is C14H19Cl2N. The molecule has 1 aromatic rings. The van der Waals surface area contributed by atoms with Crippen LogP contribution < -0.4 is 5.32 Å². The quantitative estimate of drug-likeness (QED) is 0.731. The zero-order chi connectivity index (χ0) is 12.3. The molecule has 1 atom stereocenters. The maximum Gasteiger partial charge on any atom is 0.0454 e. The monoisotopic (exact) mass is 271 g/mol. The van der Waals surface area contributed by atoms with Gasteiger partial charge in [0.2, 0.25) is 0 Å². The van der Waals surface area contributed by atoms with E-state index in [1.165, 1.54) is 25.7 Å². The van der Waals surface area contributed by atoms with Gasteiger partial charge in [0.25, 0.3) is 0 Å². The predicted octanol–water partition coefficient (Wildman–Crippen LogP) is 4.83. The van der Waals surface area contributed by atoms with E-state index in [9.17, 15) is 0 Å². The minimum absolute atomic E-state index is 0.264. The van der Waals surface area contributed by atoms with Crippen LogP contribution in [0.15, 0.2) is 18.2 Å². The second kappa shape index (κ2) is 6.08. The summed E-state index contributed by atoms with van der Waals surface area (Å²) in [5.41, 5.74) is 1.09. The molecule has 0 amide bonds. The Balaban J connectivity index is 1.80. The van der Waals surface area contributed by atoms with Gasteiger partial charge >= 0.3 is 0 Å². The molecule has 0 aromatic heterocycles. The van der Waals surface area contributed by atoms with Gasteiger partial charge < -0.3 is 5.32 Å². The van der Waals surface area contributed by atoms with Crippen LogP contribution in [-0.4, -0.2) is 6.54 Å². The fourth-order valence-corrected chi connectivity index (χ4v) is 2.53. The second-order valence-corrected chi connectivity index (χ2v) is 5.77. The molecule has 1 fully saturated rings. The Morgan fingerprint density at radius 1 is 1.35 bits per heavy atom. The van der Waals surface area contributed by atoms with Gasteiger partial charge in [-0.3, -0.25) is 0 Å². The Bertz CT molecular complexity index is 374. The summed E-state index contributed by atoms with van der Waals surface area (Å²) in [4.78, 5) is 0. The summed E-state index contributed by atoms with van der Waals surface area (Å²) >= 11 is 12.2. The highest BCUT2D eigenvalue weighted by Crippen LogP contribution is 2.33. The molecule has 1 N–H and O–H groups in total. The van der Waals surface area contributed by atoms with Crippen LogP contribution in [0.1, 0.15) is 44.2 Å². The van der Waals surface area contributed by atoms with Crippen LogP contribution in [-0.2, 0) is 0 Å². The van der Waals surface area contributed by atoms with Gasteiger partial charge in [0, 0.05) is 16.1 Å². The Morgan fingerprint density at radius 3 is 2.82 bits per heavy atom. The van der Waals surface area contributed by atoms with Crippen molar-refractivity contribution >= 4 is 23.2 Å². The normalized spacial score (nSPS) is 17.1. The first-order valence-electron chi connectivity index (χ1n) is 6.35. The van der Waals surface area contributed by atoms with Crippen molar-refractivity contribution in [2.75, 3.05) is 6.54 Å². The molecule has 1 aromatic carbocycles. The fraction of sp³-hybridized carbons (Fsp3) is 0.571. The molecule has 1 aliphatic carbocycles. The standard InChI is InChI=1S/C14H19Cl2N/c1-10(17-8-2-3-11-4-5-11)13-9-12(15)6-7-14(13)16/h6-7,9-11,17H,2-5,8H2,1H3.